The lowest BCUT2D eigenvalue weighted by Crippen LogP contribution is -2.33. The number of thiocarbonyl (C=S) groups is 1. The monoisotopic (exact) mass is 418 g/mol. The van der Waals surface area contributed by atoms with Crippen LogP contribution in [0.4, 0.5) is 5.69 Å². The second kappa shape index (κ2) is 10.0. The molecular weight excluding hydrogens is 392 g/mol. The van der Waals surface area contributed by atoms with Crippen LogP contribution < -0.4 is 10.6 Å². The van der Waals surface area contributed by atoms with E-state index in [1.165, 1.54) is 11.1 Å². The molecule has 0 aliphatic carbocycles. The van der Waals surface area contributed by atoms with Crippen LogP contribution in [0.2, 0.25) is 0 Å². The summed E-state index contributed by atoms with van der Waals surface area (Å²) in [6, 6.07) is 23.8. The second-order valence-electron chi connectivity index (χ2n) is 7.05. The molecule has 154 valence electrons. The van der Waals surface area contributed by atoms with Crippen molar-refractivity contribution in [1.82, 2.24) is 5.32 Å². The van der Waals surface area contributed by atoms with E-state index < -0.39 is 0 Å². The first-order valence-electron chi connectivity index (χ1n) is 9.95. The molecule has 0 radical (unpaired) electrons. The summed E-state index contributed by atoms with van der Waals surface area (Å²) in [5.74, 6) is -0.323. The minimum atomic E-state index is -0.323. The van der Waals surface area contributed by atoms with E-state index in [0.717, 1.165) is 16.8 Å². The van der Waals surface area contributed by atoms with Gasteiger partial charge in [-0.05, 0) is 73.4 Å². The van der Waals surface area contributed by atoms with Crippen molar-refractivity contribution < 1.29 is 9.53 Å². The predicted molar refractivity (Wildman–Crippen MR) is 126 cm³/mol. The van der Waals surface area contributed by atoms with Gasteiger partial charge in [-0.15, -0.1) is 0 Å². The lowest BCUT2D eigenvalue weighted by atomic mass is 9.95. The first-order valence-corrected chi connectivity index (χ1v) is 10.4. The maximum atomic E-state index is 11.9. The largest absolute Gasteiger partial charge is 0.462 e. The zero-order chi connectivity index (χ0) is 21.5. The summed E-state index contributed by atoms with van der Waals surface area (Å²) in [5.41, 5.74) is 5.78. The highest BCUT2D eigenvalue weighted by Gasteiger charge is 2.17. The molecule has 0 unspecified atom stereocenters. The molecule has 4 nitrogen and oxygen atoms in total. The van der Waals surface area contributed by atoms with Gasteiger partial charge in [0.1, 0.15) is 0 Å². The highest BCUT2D eigenvalue weighted by molar-refractivity contribution is 7.80. The Kier molecular flexibility index (Phi) is 7.20. The molecule has 3 aromatic carbocycles. The number of esters is 1. The van der Waals surface area contributed by atoms with Crippen LogP contribution in [-0.4, -0.2) is 17.7 Å². The van der Waals surface area contributed by atoms with Crippen LogP contribution in [0, 0.1) is 13.8 Å². The SMILES string of the molecule is CCOC(=O)c1ccc(NC(=S)N[C@H](c2ccccc2)c2ccccc2C)c(C)c1. The lowest BCUT2D eigenvalue weighted by molar-refractivity contribution is 0.0526. The smallest absolute Gasteiger partial charge is 0.338 e. The molecular formula is C25H26N2O2S. The molecule has 30 heavy (non-hydrogen) atoms. The molecule has 0 spiro atoms. The lowest BCUT2D eigenvalue weighted by Gasteiger charge is -2.24. The van der Waals surface area contributed by atoms with Crippen LogP contribution in [0.1, 0.15) is 45.6 Å². The molecule has 0 bridgehead atoms. The van der Waals surface area contributed by atoms with Gasteiger partial charge in [0.15, 0.2) is 5.11 Å². The molecule has 0 saturated carbocycles. The van der Waals surface area contributed by atoms with Gasteiger partial charge < -0.3 is 15.4 Å². The maximum Gasteiger partial charge on any atom is 0.338 e. The van der Waals surface area contributed by atoms with E-state index >= 15 is 0 Å². The number of carbonyl (C=O) groups excluding carboxylic acids is 1. The Morgan fingerprint density at radius 3 is 2.33 bits per heavy atom. The number of rotatable bonds is 6. The van der Waals surface area contributed by atoms with Gasteiger partial charge in [0.2, 0.25) is 0 Å². The van der Waals surface area contributed by atoms with Crippen molar-refractivity contribution in [1.29, 1.82) is 0 Å². The van der Waals surface area contributed by atoms with Gasteiger partial charge in [0, 0.05) is 5.69 Å². The van der Waals surface area contributed by atoms with E-state index in [0.29, 0.717) is 17.3 Å². The van der Waals surface area contributed by atoms with Crippen molar-refractivity contribution in [3.05, 3.63) is 101 Å². The van der Waals surface area contributed by atoms with Gasteiger partial charge in [-0.1, -0.05) is 54.6 Å². The molecule has 0 saturated heterocycles. The number of hydrogen-bond donors (Lipinski definition) is 2. The van der Waals surface area contributed by atoms with Crippen molar-refractivity contribution in [2.45, 2.75) is 26.8 Å². The van der Waals surface area contributed by atoms with E-state index in [9.17, 15) is 4.79 Å². The molecule has 0 fully saturated rings. The average molecular weight is 419 g/mol. The highest BCUT2D eigenvalue weighted by Crippen LogP contribution is 2.25. The van der Waals surface area contributed by atoms with Gasteiger partial charge in [-0.2, -0.15) is 0 Å². The summed E-state index contributed by atoms with van der Waals surface area (Å²) in [6.07, 6.45) is 0. The summed E-state index contributed by atoms with van der Waals surface area (Å²) in [6.45, 7) is 6.18. The number of aryl methyl sites for hydroxylation is 2. The average Bonchev–Trinajstić information content (AvgIpc) is 2.75. The summed E-state index contributed by atoms with van der Waals surface area (Å²) in [7, 11) is 0. The van der Waals surface area contributed by atoms with Crippen molar-refractivity contribution in [3.63, 3.8) is 0 Å². The number of hydrogen-bond acceptors (Lipinski definition) is 3. The van der Waals surface area contributed by atoms with Crippen molar-refractivity contribution in [2.75, 3.05) is 11.9 Å². The van der Waals surface area contributed by atoms with Gasteiger partial charge in [-0.3, -0.25) is 0 Å². The standard InChI is InChI=1S/C25H26N2O2S/c1-4-29-24(28)20-14-15-22(18(3)16-20)26-25(30)27-23(19-11-6-5-7-12-19)21-13-9-8-10-17(21)2/h5-16,23H,4H2,1-3H3,(H2,26,27,30)/t23-/m1/s1. The number of carbonyl (C=O) groups is 1. The first kappa shape index (κ1) is 21.5. The number of ether oxygens (including phenoxy) is 1. The Labute approximate surface area is 183 Å². The van der Waals surface area contributed by atoms with Crippen LogP contribution in [0.5, 0.6) is 0 Å². The Balaban J connectivity index is 1.80. The van der Waals surface area contributed by atoms with Crippen LogP contribution in [-0.2, 0) is 4.74 Å². The minimum absolute atomic E-state index is 0.0773. The highest BCUT2D eigenvalue weighted by atomic mass is 32.1. The molecule has 0 heterocycles. The van der Waals surface area contributed by atoms with Crippen LogP contribution in [0.3, 0.4) is 0 Å². The van der Waals surface area contributed by atoms with Crippen LogP contribution >= 0.6 is 12.2 Å². The Morgan fingerprint density at radius 2 is 1.67 bits per heavy atom. The fourth-order valence-corrected chi connectivity index (χ4v) is 3.56. The number of nitrogens with one attached hydrogen (secondary N) is 2. The molecule has 2 N–H and O–H groups in total. The fourth-order valence-electron chi connectivity index (χ4n) is 3.33. The normalized spacial score (nSPS) is 11.4. The molecule has 1 atom stereocenters. The summed E-state index contributed by atoms with van der Waals surface area (Å²) >= 11 is 5.63. The second-order valence-corrected chi connectivity index (χ2v) is 7.46. The van der Waals surface area contributed by atoms with Crippen molar-refractivity contribution in [3.8, 4) is 0 Å². The molecule has 0 aromatic heterocycles. The minimum Gasteiger partial charge on any atom is -0.462 e. The van der Waals surface area contributed by atoms with Gasteiger partial charge >= 0.3 is 5.97 Å². The third-order valence-corrected chi connectivity index (χ3v) is 5.11. The van der Waals surface area contributed by atoms with E-state index in [4.69, 9.17) is 17.0 Å². The topological polar surface area (TPSA) is 50.4 Å². The zero-order valence-corrected chi connectivity index (χ0v) is 18.3. The van der Waals surface area contributed by atoms with Crippen molar-refractivity contribution in [2.24, 2.45) is 0 Å². The van der Waals surface area contributed by atoms with E-state index in [2.05, 4.69) is 41.8 Å². The number of benzene rings is 3. The van der Waals surface area contributed by atoms with Crippen LogP contribution in [0.15, 0.2) is 72.8 Å². The molecule has 3 aromatic rings. The zero-order valence-electron chi connectivity index (χ0n) is 17.4. The van der Waals surface area contributed by atoms with Crippen molar-refractivity contribution >= 4 is 29.0 Å². The fraction of sp³-hybridized carbons (Fsp3) is 0.200. The Hall–Kier alpha value is -3.18. The summed E-state index contributed by atoms with van der Waals surface area (Å²) in [4.78, 5) is 11.9. The van der Waals surface area contributed by atoms with E-state index in [-0.39, 0.29) is 12.0 Å². The van der Waals surface area contributed by atoms with E-state index in [1.54, 1.807) is 19.1 Å². The molecule has 0 aliphatic rings. The number of anilines is 1. The summed E-state index contributed by atoms with van der Waals surface area (Å²) in [5, 5.41) is 7.23. The Bertz CT molecular complexity index is 1030. The predicted octanol–water partition coefficient (Wildman–Crippen LogP) is 5.56. The van der Waals surface area contributed by atoms with Gasteiger partial charge in [-0.25, -0.2) is 4.79 Å². The van der Waals surface area contributed by atoms with Gasteiger partial charge in [0.25, 0.3) is 0 Å². The first-order chi connectivity index (χ1) is 14.5. The molecule has 0 aliphatic heterocycles. The molecule has 0 amide bonds. The maximum absolute atomic E-state index is 11.9. The van der Waals surface area contributed by atoms with Crippen LogP contribution in [0.25, 0.3) is 0 Å². The third-order valence-electron chi connectivity index (χ3n) is 4.89. The molecule has 3 rings (SSSR count). The Morgan fingerprint density at radius 1 is 0.967 bits per heavy atom. The molecule has 5 heteroatoms. The third kappa shape index (κ3) is 5.24. The quantitative estimate of drug-likeness (QED) is 0.406. The van der Waals surface area contributed by atoms with E-state index in [1.807, 2.05) is 43.3 Å². The van der Waals surface area contributed by atoms with Gasteiger partial charge in [0.05, 0.1) is 18.2 Å². The summed E-state index contributed by atoms with van der Waals surface area (Å²) < 4.78 is 5.07.